The summed E-state index contributed by atoms with van der Waals surface area (Å²) >= 11 is 0. The zero-order valence-corrected chi connectivity index (χ0v) is 11.7. The second-order valence-electron chi connectivity index (χ2n) is 4.42. The Labute approximate surface area is 113 Å². The number of hydrogen-bond acceptors (Lipinski definition) is 3. The summed E-state index contributed by atoms with van der Waals surface area (Å²) in [6, 6.07) is 5.69. The van der Waals surface area contributed by atoms with Crippen LogP contribution in [0.15, 0.2) is 24.3 Å². The first kappa shape index (κ1) is 14.2. The van der Waals surface area contributed by atoms with Gasteiger partial charge in [0, 0.05) is 26.2 Å². The van der Waals surface area contributed by atoms with Gasteiger partial charge in [0.15, 0.2) is 0 Å². The van der Waals surface area contributed by atoms with E-state index in [1.807, 2.05) is 0 Å². The summed E-state index contributed by atoms with van der Waals surface area (Å²) in [4.78, 5) is 0. The largest absolute Gasteiger partial charge is 0.318 e. The monoisotopic (exact) mass is 287 g/mol. The summed E-state index contributed by atoms with van der Waals surface area (Å²) < 4.78 is 40.8. The smallest absolute Gasteiger partial charge is 0.304 e. The van der Waals surface area contributed by atoms with Crippen molar-refractivity contribution in [2.24, 2.45) is 0 Å². The Morgan fingerprint density at radius 3 is 2.84 bits per heavy atom. The van der Waals surface area contributed by atoms with Crippen LogP contribution in [0.5, 0.6) is 0 Å². The molecule has 1 saturated heterocycles. The quantitative estimate of drug-likeness (QED) is 0.891. The van der Waals surface area contributed by atoms with E-state index in [2.05, 4.69) is 5.32 Å². The van der Waals surface area contributed by atoms with E-state index in [-0.39, 0.29) is 0 Å². The average Bonchev–Trinajstić information content (AvgIpc) is 2.37. The van der Waals surface area contributed by atoms with Crippen LogP contribution in [-0.4, -0.2) is 45.9 Å². The third-order valence-corrected chi connectivity index (χ3v) is 5.05. The highest BCUT2D eigenvalue weighted by Gasteiger charge is 2.33. The standard InChI is InChI=1S/C12H18FN3O2S/c1-14-6-9-15-7-3-8-16(19(15,17)18)12-5-2-4-11(13)10-12/h2,4-5,10,14H,3,6-9H2,1H3. The van der Waals surface area contributed by atoms with E-state index in [0.29, 0.717) is 31.9 Å². The van der Waals surface area contributed by atoms with Gasteiger partial charge in [-0.15, -0.1) is 0 Å². The van der Waals surface area contributed by atoms with Crippen LogP contribution in [0, 0.1) is 5.82 Å². The molecule has 0 bridgehead atoms. The molecule has 19 heavy (non-hydrogen) atoms. The maximum Gasteiger partial charge on any atom is 0.304 e. The molecule has 1 fully saturated rings. The predicted molar refractivity (Wildman–Crippen MR) is 72.8 cm³/mol. The molecule has 106 valence electrons. The molecule has 0 radical (unpaired) electrons. The highest BCUT2D eigenvalue weighted by Crippen LogP contribution is 2.24. The Balaban J connectivity index is 2.25. The molecule has 1 heterocycles. The molecule has 5 nitrogen and oxygen atoms in total. The third kappa shape index (κ3) is 3.05. The third-order valence-electron chi connectivity index (χ3n) is 3.08. The molecule has 0 unspecified atom stereocenters. The van der Waals surface area contributed by atoms with Gasteiger partial charge in [0.2, 0.25) is 0 Å². The number of likely N-dealkylation sites (N-methyl/N-ethyl adjacent to an activating group) is 1. The molecular weight excluding hydrogens is 269 g/mol. The van der Waals surface area contributed by atoms with Crippen molar-refractivity contribution in [1.82, 2.24) is 9.62 Å². The van der Waals surface area contributed by atoms with Crippen LogP contribution >= 0.6 is 0 Å². The van der Waals surface area contributed by atoms with Crippen LogP contribution in [0.25, 0.3) is 0 Å². The SMILES string of the molecule is CNCCN1CCCN(c2cccc(F)c2)S1(=O)=O. The van der Waals surface area contributed by atoms with Crippen molar-refractivity contribution in [3.05, 3.63) is 30.1 Å². The van der Waals surface area contributed by atoms with Crippen molar-refractivity contribution in [2.75, 3.05) is 37.5 Å². The number of rotatable bonds is 4. The molecule has 0 saturated carbocycles. The van der Waals surface area contributed by atoms with Gasteiger partial charge in [-0.3, -0.25) is 4.31 Å². The lowest BCUT2D eigenvalue weighted by atomic mass is 10.3. The predicted octanol–water partition coefficient (Wildman–Crippen LogP) is 0.802. The van der Waals surface area contributed by atoms with Crippen LogP contribution in [0.4, 0.5) is 10.1 Å². The molecule has 0 amide bonds. The minimum Gasteiger partial charge on any atom is -0.318 e. The molecule has 1 aliphatic heterocycles. The molecule has 0 atom stereocenters. The van der Waals surface area contributed by atoms with Gasteiger partial charge in [-0.25, -0.2) is 4.39 Å². The number of anilines is 1. The molecule has 1 N–H and O–H groups in total. The number of halogens is 1. The van der Waals surface area contributed by atoms with Crippen molar-refractivity contribution in [3.8, 4) is 0 Å². The van der Waals surface area contributed by atoms with E-state index in [4.69, 9.17) is 0 Å². The van der Waals surface area contributed by atoms with Crippen LogP contribution in [0.3, 0.4) is 0 Å². The maximum absolute atomic E-state index is 13.2. The number of hydrogen-bond donors (Lipinski definition) is 1. The van der Waals surface area contributed by atoms with E-state index in [0.717, 1.165) is 6.42 Å². The Hall–Kier alpha value is -1.18. The topological polar surface area (TPSA) is 52.6 Å². The van der Waals surface area contributed by atoms with Crippen molar-refractivity contribution < 1.29 is 12.8 Å². The van der Waals surface area contributed by atoms with E-state index in [1.54, 1.807) is 13.1 Å². The minimum atomic E-state index is -3.55. The summed E-state index contributed by atoms with van der Waals surface area (Å²) in [5.41, 5.74) is 0.383. The van der Waals surface area contributed by atoms with E-state index < -0.39 is 16.0 Å². The van der Waals surface area contributed by atoms with Crippen molar-refractivity contribution in [3.63, 3.8) is 0 Å². The van der Waals surface area contributed by atoms with E-state index in [1.165, 1.54) is 26.8 Å². The molecular formula is C12H18FN3O2S. The van der Waals surface area contributed by atoms with Gasteiger partial charge in [-0.1, -0.05) is 6.07 Å². The Morgan fingerprint density at radius 1 is 1.37 bits per heavy atom. The van der Waals surface area contributed by atoms with Gasteiger partial charge < -0.3 is 5.32 Å². The van der Waals surface area contributed by atoms with Gasteiger partial charge in [0.05, 0.1) is 5.69 Å². The molecule has 1 aromatic rings. The molecule has 0 aliphatic carbocycles. The summed E-state index contributed by atoms with van der Waals surface area (Å²) in [5, 5.41) is 2.93. The second kappa shape index (κ2) is 5.85. The molecule has 2 rings (SSSR count). The Kier molecular flexibility index (Phi) is 4.38. The van der Waals surface area contributed by atoms with Crippen molar-refractivity contribution in [2.45, 2.75) is 6.42 Å². The molecule has 1 aromatic carbocycles. The normalized spacial score (nSPS) is 19.6. The van der Waals surface area contributed by atoms with Crippen LogP contribution in [0.2, 0.25) is 0 Å². The van der Waals surface area contributed by atoms with Gasteiger partial charge in [-0.2, -0.15) is 12.7 Å². The highest BCUT2D eigenvalue weighted by atomic mass is 32.2. The Bertz CT molecular complexity index is 536. The minimum absolute atomic E-state index is 0.383. The summed E-state index contributed by atoms with van der Waals surface area (Å²) in [5.74, 6) is -0.431. The molecule has 0 aromatic heterocycles. The van der Waals surface area contributed by atoms with Gasteiger partial charge >= 0.3 is 10.2 Å². The van der Waals surface area contributed by atoms with E-state index >= 15 is 0 Å². The first-order valence-electron chi connectivity index (χ1n) is 6.23. The number of benzene rings is 1. The lowest BCUT2D eigenvalue weighted by Gasteiger charge is -2.35. The van der Waals surface area contributed by atoms with E-state index in [9.17, 15) is 12.8 Å². The van der Waals surface area contributed by atoms with Crippen LogP contribution in [0.1, 0.15) is 6.42 Å². The van der Waals surface area contributed by atoms with Crippen LogP contribution in [-0.2, 0) is 10.2 Å². The zero-order valence-electron chi connectivity index (χ0n) is 10.8. The maximum atomic E-state index is 13.2. The van der Waals surface area contributed by atoms with Crippen molar-refractivity contribution in [1.29, 1.82) is 0 Å². The first-order valence-corrected chi connectivity index (χ1v) is 7.63. The first-order chi connectivity index (χ1) is 9.05. The van der Waals surface area contributed by atoms with Crippen LogP contribution < -0.4 is 9.62 Å². The van der Waals surface area contributed by atoms with Gasteiger partial charge in [0.25, 0.3) is 0 Å². The van der Waals surface area contributed by atoms with Gasteiger partial charge in [0.1, 0.15) is 5.82 Å². The second-order valence-corrected chi connectivity index (χ2v) is 6.27. The highest BCUT2D eigenvalue weighted by molar-refractivity contribution is 7.90. The molecule has 7 heteroatoms. The molecule has 0 spiro atoms. The molecule has 1 aliphatic rings. The summed E-state index contributed by atoms with van der Waals surface area (Å²) in [6.45, 7) is 1.92. The number of nitrogens with one attached hydrogen (secondary N) is 1. The lowest BCUT2D eigenvalue weighted by Crippen LogP contribution is -2.51. The zero-order chi connectivity index (χ0) is 13.9. The fraction of sp³-hybridized carbons (Fsp3) is 0.500. The fourth-order valence-corrected chi connectivity index (χ4v) is 3.82. The summed E-state index contributed by atoms with van der Waals surface area (Å²) in [7, 11) is -1.77. The Morgan fingerprint density at radius 2 is 2.16 bits per heavy atom. The van der Waals surface area contributed by atoms with Crippen molar-refractivity contribution >= 4 is 15.9 Å². The average molecular weight is 287 g/mol. The lowest BCUT2D eigenvalue weighted by molar-refractivity contribution is 0.385. The summed E-state index contributed by atoms with van der Waals surface area (Å²) in [6.07, 6.45) is 0.736. The van der Waals surface area contributed by atoms with Gasteiger partial charge in [-0.05, 0) is 31.7 Å². The fourth-order valence-electron chi connectivity index (χ4n) is 2.12. The number of nitrogens with zero attached hydrogens (tertiary/aromatic N) is 2.